The highest BCUT2D eigenvalue weighted by molar-refractivity contribution is 5.59. The van der Waals surface area contributed by atoms with E-state index < -0.39 is 0 Å². The maximum atomic E-state index is 9.45. The van der Waals surface area contributed by atoms with Crippen LogP contribution < -0.4 is 14.8 Å². The zero-order valence-corrected chi connectivity index (χ0v) is 17.0. The number of rotatable bonds is 8. The Bertz CT molecular complexity index is 973. The van der Waals surface area contributed by atoms with Crippen molar-refractivity contribution in [3.8, 4) is 29.0 Å². The van der Waals surface area contributed by atoms with Crippen LogP contribution in [0.5, 0.6) is 11.5 Å². The second-order valence-electron chi connectivity index (χ2n) is 6.67. The van der Waals surface area contributed by atoms with Crippen molar-refractivity contribution >= 4 is 5.88 Å². The molecule has 7 heteroatoms. The Hall–Kier alpha value is -3.50. The van der Waals surface area contributed by atoms with E-state index in [1.54, 1.807) is 14.2 Å². The van der Waals surface area contributed by atoms with Crippen LogP contribution >= 0.6 is 0 Å². The summed E-state index contributed by atoms with van der Waals surface area (Å²) in [5.74, 6) is 2.30. The summed E-state index contributed by atoms with van der Waals surface area (Å²) >= 11 is 0. The lowest BCUT2D eigenvalue weighted by molar-refractivity contribution is 0.310. The highest BCUT2D eigenvalue weighted by atomic mass is 16.5. The topological polar surface area (TPSA) is 83.5 Å². The van der Waals surface area contributed by atoms with Crippen molar-refractivity contribution in [2.45, 2.75) is 6.04 Å². The van der Waals surface area contributed by atoms with Gasteiger partial charge in [-0.15, -0.1) is 0 Å². The maximum absolute atomic E-state index is 9.45. The van der Waals surface area contributed by atoms with Crippen molar-refractivity contribution in [1.29, 1.82) is 5.26 Å². The summed E-state index contributed by atoms with van der Waals surface area (Å²) in [6.07, 6.45) is 0. The molecule has 0 saturated heterocycles. The average Bonchev–Trinajstić information content (AvgIpc) is 3.17. The lowest BCUT2D eigenvalue weighted by Gasteiger charge is -2.25. The first-order valence-corrected chi connectivity index (χ1v) is 9.15. The first-order chi connectivity index (χ1) is 14.0. The van der Waals surface area contributed by atoms with Crippen molar-refractivity contribution in [2.75, 3.05) is 40.2 Å². The molecule has 0 radical (unpaired) electrons. The van der Waals surface area contributed by atoms with Crippen LogP contribution in [0.3, 0.4) is 0 Å². The molecule has 0 amide bonds. The zero-order chi connectivity index (χ0) is 20.8. The number of anilines is 1. The molecule has 150 valence electrons. The van der Waals surface area contributed by atoms with Gasteiger partial charge in [0.05, 0.1) is 20.3 Å². The van der Waals surface area contributed by atoms with E-state index in [-0.39, 0.29) is 11.7 Å². The molecule has 1 heterocycles. The highest BCUT2D eigenvalue weighted by Gasteiger charge is 2.19. The van der Waals surface area contributed by atoms with Crippen molar-refractivity contribution in [3.63, 3.8) is 0 Å². The fourth-order valence-corrected chi connectivity index (χ4v) is 2.99. The molecule has 1 unspecified atom stereocenters. The second-order valence-corrected chi connectivity index (χ2v) is 6.67. The summed E-state index contributed by atoms with van der Waals surface area (Å²) in [7, 11) is 7.27. The number of hydrogen-bond acceptors (Lipinski definition) is 7. The number of nitrogens with one attached hydrogen (secondary N) is 1. The van der Waals surface area contributed by atoms with Gasteiger partial charge in [-0.1, -0.05) is 12.1 Å². The highest BCUT2D eigenvalue weighted by Crippen LogP contribution is 2.28. The van der Waals surface area contributed by atoms with E-state index >= 15 is 0 Å². The summed E-state index contributed by atoms with van der Waals surface area (Å²) in [6.45, 7) is 0.547. The number of hydrogen-bond donors (Lipinski definition) is 1. The quantitative estimate of drug-likeness (QED) is 0.621. The Balaban J connectivity index is 1.78. The third-order valence-corrected chi connectivity index (χ3v) is 4.65. The van der Waals surface area contributed by atoms with Gasteiger partial charge in [0.1, 0.15) is 17.6 Å². The van der Waals surface area contributed by atoms with Crippen LogP contribution in [-0.2, 0) is 0 Å². The number of methoxy groups -OCH3 is 2. The number of benzene rings is 2. The van der Waals surface area contributed by atoms with Crippen LogP contribution in [0.15, 0.2) is 52.9 Å². The molecular formula is C22H24N4O3. The first kappa shape index (κ1) is 20.2. The van der Waals surface area contributed by atoms with Crippen molar-refractivity contribution in [2.24, 2.45) is 0 Å². The Morgan fingerprint density at radius 2 is 1.62 bits per heavy atom. The summed E-state index contributed by atoms with van der Waals surface area (Å²) in [5.41, 5.74) is 2.12. The van der Waals surface area contributed by atoms with E-state index in [9.17, 15) is 5.26 Å². The number of ether oxygens (including phenoxy) is 2. The molecule has 3 aromatic rings. The van der Waals surface area contributed by atoms with Gasteiger partial charge in [0, 0.05) is 12.1 Å². The predicted octanol–water partition coefficient (Wildman–Crippen LogP) is 3.95. The predicted molar refractivity (Wildman–Crippen MR) is 111 cm³/mol. The average molecular weight is 392 g/mol. The van der Waals surface area contributed by atoms with Gasteiger partial charge >= 0.3 is 0 Å². The zero-order valence-electron chi connectivity index (χ0n) is 17.0. The Labute approximate surface area is 170 Å². The van der Waals surface area contributed by atoms with Gasteiger partial charge in [-0.2, -0.15) is 10.2 Å². The molecular weight excluding hydrogens is 368 g/mol. The van der Waals surface area contributed by atoms with E-state index in [4.69, 9.17) is 13.9 Å². The van der Waals surface area contributed by atoms with Crippen LogP contribution in [-0.4, -0.2) is 44.7 Å². The molecule has 2 aromatic carbocycles. The van der Waals surface area contributed by atoms with Crippen molar-refractivity contribution in [1.82, 2.24) is 9.88 Å². The van der Waals surface area contributed by atoms with E-state index in [0.717, 1.165) is 22.6 Å². The van der Waals surface area contributed by atoms with E-state index in [2.05, 4.69) is 21.3 Å². The first-order valence-electron chi connectivity index (χ1n) is 9.15. The van der Waals surface area contributed by atoms with E-state index in [1.807, 2.05) is 62.6 Å². The van der Waals surface area contributed by atoms with Crippen LogP contribution in [0.25, 0.3) is 11.5 Å². The fraction of sp³-hybridized carbons (Fsp3) is 0.273. The minimum Gasteiger partial charge on any atom is -0.497 e. The lowest BCUT2D eigenvalue weighted by Crippen LogP contribution is -2.26. The van der Waals surface area contributed by atoms with Crippen molar-refractivity contribution < 1.29 is 13.9 Å². The molecule has 0 aliphatic heterocycles. The molecule has 1 atom stereocenters. The summed E-state index contributed by atoms with van der Waals surface area (Å²) in [6, 6.07) is 17.4. The third-order valence-electron chi connectivity index (χ3n) is 4.65. The van der Waals surface area contributed by atoms with Crippen LogP contribution in [0.2, 0.25) is 0 Å². The van der Waals surface area contributed by atoms with Crippen molar-refractivity contribution in [3.05, 3.63) is 59.8 Å². The van der Waals surface area contributed by atoms with E-state index in [1.165, 1.54) is 0 Å². The molecule has 7 nitrogen and oxygen atoms in total. The van der Waals surface area contributed by atoms with Gasteiger partial charge in [-0.3, -0.25) is 0 Å². The largest absolute Gasteiger partial charge is 0.497 e. The molecule has 3 rings (SSSR count). The SMILES string of the molecule is COc1ccc(-c2nc(C#N)c(NCC(c3ccc(OC)cc3)N(C)C)o2)cc1. The molecule has 1 N–H and O–H groups in total. The standard InChI is InChI=1S/C22H24N4O3/c1-26(2)20(15-5-9-17(27-3)10-6-15)14-24-22-19(13-23)25-21(29-22)16-7-11-18(28-4)12-8-16/h5-12,20,24H,14H2,1-4H3. The van der Waals surface area contributed by atoms with Gasteiger partial charge < -0.3 is 24.1 Å². The molecule has 29 heavy (non-hydrogen) atoms. The molecule has 0 spiro atoms. The molecule has 0 bridgehead atoms. The summed E-state index contributed by atoms with van der Waals surface area (Å²) < 4.78 is 16.2. The van der Waals surface area contributed by atoms with Gasteiger partial charge in [-0.25, -0.2) is 0 Å². The van der Waals surface area contributed by atoms with E-state index in [0.29, 0.717) is 18.3 Å². The molecule has 0 saturated carbocycles. The Morgan fingerprint density at radius 3 is 2.14 bits per heavy atom. The van der Waals surface area contributed by atoms with Crippen LogP contribution in [0, 0.1) is 11.3 Å². The second kappa shape index (κ2) is 9.13. The van der Waals surface area contributed by atoms with Gasteiger partial charge in [-0.05, 0) is 56.1 Å². The lowest BCUT2D eigenvalue weighted by atomic mass is 10.1. The monoisotopic (exact) mass is 392 g/mol. The molecule has 0 aliphatic rings. The van der Waals surface area contributed by atoms with Crippen LogP contribution in [0.4, 0.5) is 5.88 Å². The molecule has 0 fully saturated rings. The van der Waals surface area contributed by atoms with Gasteiger partial charge in [0.25, 0.3) is 0 Å². The van der Waals surface area contributed by atoms with Crippen LogP contribution in [0.1, 0.15) is 17.3 Å². The van der Waals surface area contributed by atoms with Gasteiger partial charge in [0.15, 0.2) is 0 Å². The molecule has 1 aromatic heterocycles. The van der Waals surface area contributed by atoms with Gasteiger partial charge in [0.2, 0.25) is 17.5 Å². The minimum absolute atomic E-state index is 0.0713. The number of nitrogens with zero attached hydrogens (tertiary/aromatic N) is 3. The summed E-state index contributed by atoms with van der Waals surface area (Å²) in [5, 5.41) is 12.7. The number of oxazole rings is 1. The normalized spacial score (nSPS) is 11.7. The Kier molecular flexibility index (Phi) is 6.37. The minimum atomic E-state index is 0.0713. The third kappa shape index (κ3) is 4.68. The smallest absolute Gasteiger partial charge is 0.232 e. The fourth-order valence-electron chi connectivity index (χ4n) is 2.99. The Morgan fingerprint density at radius 1 is 1.03 bits per heavy atom. The number of aromatic nitrogens is 1. The summed E-state index contributed by atoms with van der Waals surface area (Å²) in [4.78, 5) is 6.41. The molecule has 0 aliphatic carbocycles. The number of likely N-dealkylation sites (N-methyl/N-ethyl adjacent to an activating group) is 1. The number of nitriles is 1. The maximum Gasteiger partial charge on any atom is 0.232 e.